The van der Waals surface area contributed by atoms with E-state index in [1.165, 1.54) is 5.56 Å². The van der Waals surface area contributed by atoms with E-state index < -0.39 is 0 Å². The van der Waals surface area contributed by atoms with E-state index in [9.17, 15) is 4.79 Å². The average Bonchev–Trinajstić information content (AvgIpc) is 2.90. The molecule has 1 N–H and O–H groups in total. The number of benzene rings is 1. The Balaban J connectivity index is 1.88. The number of anilines is 2. The molecule has 1 amide bonds. The fourth-order valence-corrected chi connectivity index (χ4v) is 3.02. The number of aromatic nitrogens is 1. The molecule has 23 heavy (non-hydrogen) atoms. The number of amides is 1. The molecule has 0 spiro atoms. The molecule has 1 aromatic carbocycles. The molecule has 0 aliphatic carbocycles. The number of carbonyl (C=O) groups is 1. The third-order valence-corrected chi connectivity index (χ3v) is 4.43. The Morgan fingerprint density at radius 1 is 1.39 bits per heavy atom. The minimum Gasteiger partial charge on any atom is -0.382 e. The van der Waals surface area contributed by atoms with Crippen molar-refractivity contribution in [1.29, 1.82) is 0 Å². The molecule has 3 rings (SSSR count). The van der Waals surface area contributed by atoms with E-state index in [2.05, 4.69) is 37.1 Å². The molecule has 1 aliphatic rings. The molecule has 1 aromatic heterocycles. The van der Waals surface area contributed by atoms with Crippen LogP contribution in [0.15, 0.2) is 42.6 Å². The molecule has 120 valence electrons. The van der Waals surface area contributed by atoms with Crippen LogP contribution >= 0.6 is 0 Å². The summed E-state index contributed by atoms with van der Waals surface area (Å²) in [6, 6.07) is 12.4. The lowest BCUT2D eigenvalue weighted by Gasteiger charge is -2.22. The smallest absolute Gasteiger partial charge is 0.277 e. The van der Waals surface area contributed by atoms with Crippen molar-refractivity contribution in [3.05, 3.63) is 53.9 Å². The largest absolute Gasteiger partial charge is 0.382 e. The van der Waals surface area contributed by atoms with E-state index in [0.717, 1.165) is 24.2 Å². The second-order valence-electron chi connectivity index (χ2n) is 6.24. The third kappa shape index (κ3) is 3.07. The Labute approximate surface area is 137 Å². The predicted octanol–water partition coefficient (Wildman–Crippen LogP) is 3.88. The molecule has 0 bridgehead atoms. The third-order valence-electron chi connectivity index (χ3n) is 4.43. The van der Waals surface area contributed by atoms with Crippen LogP contribution in [-0.4, -0.2) is 23.0 Å². The number of para-hydroxylation sites is 1. The molecular weight excluding hydrogens is 286 g/mol. The summed E-state index contributed by atoms with van der Waals surface area (Å²) < 4.78 is 0. The standard InChI is InChI=1S/C19H23N3O/c1-4-13(2)21-16-9-10-20-17(12-16)19(23)22-14(3)11-15-7-5-6-8-18(15)22/h5-10,12-14H,4,11H2,1-3H3,(H,20,21). The van der Waals surface area contributed by atoms with Gasteiger partial charge >= 0.3 is 0 Å². The lowest BCUT2D eigenvalue weighted by Crippen LogP contribution is -2.36. The van der Waals surface area contributed by atoms with Gasteiger partial charge in [0.05, 0.1) is 0 Å². The van der Waals surface area contributed by atoms with Crippen LogP contribution in [0.3, 0.4) is 0 Å². The van der Waals surface area contributed by atoms with Gasteiger partial charge in [-0.3, -0.25) is 9.78 Å². The van der Waals surface area contributed by atoms with Gasteiger partial charge < -0.3 is 10.2 Å². The SMILES string of the molecule is CCC(C)Nc1ccnc(C(=O)N2c3ccccc3CC2C)c1. The van der Waals surface area contributed by atoms with Crippen molar-refractivity contribution >= 4 is 17.3 Å². The van der Waals surface area contributed by atoms with Crippen molar-refractivity contribution in [2.24, 2.45) is 0 Å². The molecule has 2 unspecified atom stereocenters. The van der Waals surface area contributed by atoms with Gasteiger partial charge in [0.1, 0.15) is 5.69 Å². The van der Waals surface area contributed by atoms with Gasteiger partial charge in [-0.2, -0.15) is 0 Å². The van der Waals surface area contributed by atoms with E-state index in [0.29, 0.717) is 11.7 Å². The van der Waals surface area contributed by atoms with Crippen molar-refractivity contribution in [2.75, 3.05) is 10.2 Å². The van der Waals surface area contributed by atoms with Crippen LogP contribution in [0.5, 0.6) is 0 Å². The minimum atomic E-state index is -0.0322. The summed E-state index contributed by atoms with van der Waals surface area (Å²) in [5, 5.41) is 3.40. The molecule has 2 heterocycles. The summed E-state index contributed by atoms with van der Waals surface area (Å²) in [6.45, 7) is 6.34. The van der Waals surface area contributed by atoms with Crippen molar-refractivity contribution in [3.8, 4) is 0 Å². The molecule has 0 saturated carbocycles. The van der Waals surface area contributed by atoms with Gasteiger partial charge in [-0.1, -0.05) is 25.1 Å². The molecule has 4 nitrogen and oxygen atoms in total. The zero-order chi connectivity index (χ0) is 16.4. The number of hydrogen-bond donors (Lipinski definition) is 1. The second kappa shape index (κ2) is 6.41. The average molecular weight is 309 g/mol. The summed E-state index contributed by atoms with van der Waals surface area (Å²) in [6.07, 6.45) is 3.62. The topological polar surface area (TPSA) is 45.2 Å². The van der Waals surface area contributed by atoms with Crippen molar-refractivity contribution in [3.63, 3.8) is 0 Å². The molecule has 0 fully saturated rings. The van der Waals surface area contributed by atoms with Crippen molar-refractivity contribution in [2.45, 2.75) is 45.7 Å². The van der Waals surface area contributed by atoms with Gasteiger partial charge in [-0.05, 0) is 50.5 Å². The first kappa shape index (κ1) is 15.5. The Kier molecular flexibility index (Phi) is 4.33. The van der Waals surface area contributed by atoms with Crippen LogP contribution < -0.4 is 10.2 Å². The quantitative estimate of drug-likeness (QED) is 0.932. The second-order valence-corrected chi connectivity index (χ2v) is 6.24. The zero-order valence-electron chi connectivity index (χ0n) is 13.9. The highest BCUT2D eigenvalue weighted by Gasteiger charge is 2.31. The number of fused-ring (bicyclic) bond motifs is 1. The Morgan fingerprint density at radius 2 is 2.17 bits per heavy atom. The molecular formula is C19H23N3O. The van der Waals surface area contributed by atoms with E-state index in [1.807, 2.05) is 35.2 Å². The molecule has 2 atom stereocenters. The Hall–Kier alpha value is -2.36. The van der Waals surface area contributed by atoms with Crippen molar-refractivity contribution < 1.29 is 4.79 Å². The summed E-state index contributed by atoms with van der Waals surface area (Å²) in [5.41, 5.74) is 3.66. The van der Waals surface area contributed by atoms with Gasteiger partial charge in [0.25, 0.3) is 5.91 Å². The monoisotopic (exact) mass is 309 g/mol. The van der Waals surface area contributed by atoms with Crippen molar-refractivity contribution in [1.82, 2.24) is 4.98 Å². The maximum Gasteiger partial charge on any atom is 0.277 e. The highest BCUT2D eigenvalue weighted by Crippen LogP contribution is 2.33. The van der Waals surface area contributed by atoms with Crippen LogP contribution in [0.25, 0.3) is 0 Å². The number of carbonyl (C=O) groups excluding carboxylic acids is 1. The Morgan fingerprint density at radius 3 is 2.96 bits per heavy atom. The lowest BCUT2D eigenvalue weighted by molar-refractivity contribution is 0.0976. The maximum atomic E-state index is 13.0. The number of hydrogen-bond acceptors (Lipinski definition) is 3. The summed E-state index contributed by atoms with van der Waals surface area (Å²) in [7, 11) is 0. The fourth-order valence-electron chi connectivity index (χ4n) is 3.02. The first-order valence-electron chi connectivity index (χ1n) is 8.24. The first-order valence-corrected chi connectivity index (χ1v) is 8.24. The fraction of sp³-hybridized carbons (Fsp3) is 0.368. The van der Waals surface area contributed by atoms with Crippen LogP contribution in [0.4, 0.5) is 11.4 Å². The zero-order valence-corrected chi connectivity index (χ0v) is 13.9. The summed E-state index contributed by atoms with van der Waals surface area (Å²) in [4.78, 5) is 19.1. The molecule has 2 aromatic rings. The van der Waals surface area contributed by atoms with Gasteiger partial charge in [0.15, 0.2) is 0 Å². The lowest BCUT2D eigenvalue weighted by atomic mass is 10.1. The van der Waals surface area contributed by atoms with Crippen LogP contribution in [0.2, 0.25) is 0 Å². The maximum absolute atomic E-state index is 13.0. The van der Waals surface area contributed by atoms with E-state index in [4.69, 9.17) is 0 Å². The van der Waals surface area contributed by atoms with E-state index in [-0.39, 0.29) is 11.9 Å². The molecule has 0 radical (unpaired) electrons. The van der Waals surface area contributed by atoms with Crippen LogP contribution in [-0.2, 0) is 6.42 Å². The van der Waals surface area contributed by atoms with E-state index in [1.54, 1.807) is 6.20 Å². The number of nitrogens with one attached hydrogen (secondary N) is 1. The molecule has 4 heteroatoms. The number of rotatable bonds is 4. The van der Waals surface area contributed by atoms with Gasteiger partial charge in [-0.15, -0.1) is 0 Å². The summed E-state index contributed by atoms with van der Waals surface area (Å²) >= 11 is 0. The van der Waals surface area contributed by atoms with Gasteiger partial charge in [0, 0.05) is 29.7 Å². The number of pyridine rings is 1. The van der Waals surface area contributed by atoms with Crippen LogP contribution in [0, 0.1) is 0 Å². The number of nitrogens with zero attached hydrogens (tertiary/aromatic N) is 2. The normalized spacial score (nSPS) is 17.7. The highest BCUT2D eigenvalue weighted by atomic mass is 16.2. The van der Waals surface area contributed by atoms with Gasteiger partial charge in [-0.25, -0.2) is 0 Å². The predicted molar refractivity (Wildman–Crippen MR) is 94.0 cm³/mol. The Bertz CT molecular complexity index is 713. The van der Waals surface area contributed by atoms with E-state index >= 15 is 0 Å². The minimum absolute atomic E-state index is 0.0322. The molecule has 1 aliphatic heterocycles. The first-order chi connectivity index (χ1) is 11.1. The van der Waals surface area contributed by atoms with Crippen LogP contribution in [0.1, 0.15) is 43.2 Å². The van der Waals surface area contributed by atoms with Gasteiger partial charge in [0.2, 0.25) is 0 Å². The molecule has 0 saturated heterocycles. The summed E-state index contributed by atoms with van der Waals surface area (Å²) in [5.74, 6) is -0.0322. The highest BCUT2D eigenvalue weighted by molar-refractivity contribution is 6.06.